The number of halogens is 3. The van der Waals surface area contributed by atoms with E-state index in [0.717, 1.165) is 38.1 Å². The van der Waals surface area contributed by atoms with Crippen LogP contribution in [0.3, 0.4) is 0 Å². The van der Waals surface area contributed by atoms with Crippen LogP contribution in [0.5, 0.6) is 0 Å². The van der Waals surface area contributed by atoms with Gasteiger partial charge in [0.25, 0.3) is 0 Å². The first-order valence-corrected chi connectivity index (χ1v) is 8.09. The van der Waals surface area contributed by atoms with Gasteiger partial charge < -0.3 is 5.32 Å². The summed E-state index contributed by atoms with van der Waals surface area (Å²) >= 11 is 0. The summed E-state index contributed by atoms with van der Waals surface area (Å²) in [6, 6.07) is 3.62. The van der Waals surface area contributed by atoms with Crippen molar-refractivity contribution < 1.29 is 21.6 Å². The lowest BCUT2D eigenvalue weighted by Gasteiger charge is -2.54. The molecule has 1 saturated heterocycles. The second-order valence-corrected chi connectivity index (χ2v) is 7.57. The Morgan fingerprint density at radius 1 is 1.24 bits per heavy atom. The lowest BCUT2D eigenvalue weighted by molar-refractivity contribution is -0.137. The zero-order chi connectivity index (χ0) is 15.3. The zero-order valence-corrected chi connectivity index (χ0v) is 11.9. The van der Waals surface area contributed by atoms with E-state index in [1.807, 2.05) is 0 Å². The number of hydrogen-bond donors (Lipinski definition) is 2. The molecule has 1 aromatic rings. The monoisotopic (exact) mass is 320 g/mol. The summed E-state index contributed by atoms with van der Waals surface area (Å²) < 4.78 is 64.7. The number of hydrogen-bond acceptors (Lipinski definition) is 3. The molecule has 0 atom stereocenters. The van der Waals surface area contributed by atoms with Crippen LogP contribution >= 0.6 is 0 Å². The Hall–Kier alpha value is -1.12. The van der Waals surface area contributed by atoms with E-state index in [1.165, 1.54) is 6.07 Å². The molecule has 1 aliphatic carbocycles. The van der Waals surface area contributed by atoms with Crippen LogP contribution in [0.1, 0.15) is 18.4 Å². The topological polar surface area (TPSA) is 58.2 Å². The van der Waals surface area contributed by atoms with Crippen LogP contribution in [0.2, 0.25) is 0 Å². The van der Waals surface area contributed by atoms with Crippen molar-refractivity contribution in [1.29, 1.82) is 0 Å². The van der Waals surface area contributed by atoms with Gasteiger partial charge in [-0.25, -0.2) is 13.1 Å². The lowest BCUT2D eigenvalue weighted by atomic mass is 9.62. The molecule has 0 radical (unpaired) electrons. The Kier molecular flexibility index (Phi) is 3.30. The summed E-state index contributed by atoms with van der Waals surface area (Å²) in [6.07, 6.45) is -3.08. The summed E-state index contributed by atoms with van der Waals surface area (Å²) in [4.78, 5) is -0.343. The second-order valence-electron chi connectivity index (χ2n) is 5.86. The van der Waals surface area contributed by atoms with Gasteiger partial charge in [0.2, 0.25) is 10.0 Å². The van der Waals surface area contributed by atoms with E-state index in [0.29, 0.717) is 6.07 Å². The molecule has 8 heteroatoms. The van der Waals surface area contributed by atoms with E-state index in [9.17, 15) is 21.6 Å². The van der Waals surface area contributed by atoms with Gasteiger partial charge in [-0.3, -0.25) is 0 Å². The largest absolute Gasteiger partial charge is 0.416 e. The van der Waals surface area contributed by atoms with Gasteiger partial charge in [0.1, 0.15) is 0 Å². The average Bonchev–Trinajstić information content (AvgIpc) is 2.30. The number of sulfonamides is 1. The Morgan fingerprint density at radius 3 is 2.43 bits per heavy atom. The first kappa shape index (κ1) is 14.8. The Balaban J connectivity index is 1.73. The maximum absolute atomic E-state index is 12.6. The van der Waals surface area contributed by atoms with E-state index >= 15 is 0 Å². The van der Waals surface area contributed by atoms with E-state index in [2.05, 4.69) is 10.0 Å². The molecule has 1 aliphatic heterocycles. The van der Waals surface area contributed by atoms with Crippen LogP contribution in [0.25, 0.3) is 0 Å². The summed E-state index contributed by atoms with van der Waals surface area (Å²) in [5.41, 5.74) is -0.764. The average molecular weight is 320 g/mol. The van der Waals surface area contributed by atoms with Crippen molar-refractivity contribution in [2.75, 3.05) is 13.1 Å². The van der Waals surface area contributed by atoms with E-state index in [1.54, 1.807) is 0 Å². The fourth-order valence-electron chi connectivity index (χ4n) is 2.96. The summed E-state index contributed by atoms with van der Waals surface area (Å²) in [5, 5.41) is 3.14. The van der Waals surface area contributed by atoms with Gasteiger partial charge in [-0.1, -0.05) is 6.07 Å². The highest BCUT2D eigenvalue weighted by atomic mass is 32.2. The quantitative estimate of drug-likeness (QED) is 0.892. The fraction of sp³-hybridized carbons (Fsp3) is 0.538. The van der Waals surface area contributed by atoms with E-state index in [-0.39, 0.29) is 16.4 Å². The SMILES string of the molecule is O=S(=O)(NC1CC2(CNC2)C1)c1cccc(C(F)(F)F)c1. The molecule has 1 saturated carbocycles. The molecule has 116 valence electrons. The van der Waals surface area contributed by atoms with Gasteiger partial charge in [0.05, 0.1) is 10.5 Å². The molecule has 1 aromatic carbocycles. The summed E-state index contributed by atoms with van der Waals surface area (Å²) in [5.74, 6) is 0. The van der Waals surface area contributed by atoms with Crippen molar-refractivity contribution in [3.8, 4) is 0 Å². The summed E-state index contributed by atoms with van der Waals surface area (Å²) in [7, 11) is -3.91. The van der Waals surface area contributed by atoms with Crippen LogP contribution in [0.4, 0.5) is 13.2 Å². The van der Waals surface area contributed by atoms with Gasteiger partial charge in [-0.15, -0.1) is 0 Å². The molecule has 0 unspecified atom stereocenters. The normalized spacial score (nSPS) is 21.9. The van der Waals surface area contributed by atoms with Gasteiger partial charge in [0, 0.05) is 19.1 Å². The van der Waals surface area contributed by atoms with Crippen LogP contribution in [0.15, 0.2) is 29.2 Å². The highest BCUT2D eigenvalue weighted by Crippen LogP contribution is 2.44. The third-order valence-corrected chi connectivity index (χ3v) is 5.67. The third kappa shape index (κ3) is 2.79. The molecule has 2 N–H and O–H groups in total. The molecule has 0 aromatic heterocycles. The van der Waals surface area contributed by atoms with E-state index < -0.39 is 21.8 Å². The van der Waals surface area contributed by atoms with Gasteiger partial charge in [0.15, 0.2) is 0 Å². The molecule has 2 fully saturated rings. The summed E-state index contributed by atoms with van der Waals surface area (Å²) in [6.45, 7) is 1.77. The maximum atomic E-state index is 12.6. The fourth-order valence-corrected chi connectivity index (χ4v) is 4.24. The number of rotatable bonds is 3. The second kappa shape index (κ2) is 4.69. The highest BCUT2D eigenvalue weighted by Gasteiger charge is 2.49. The standard InChI is InChI=1S/C13H15F3N2O2S/c14-13(15,16)9-2-1-3-11(4-9)21(19,20)18-10-5-12(6-10)7-17-8-12/h1-4,10,17-18H,5-8H2. The third-order valence-electron chi connectivity index (χ3n) is 4.15. The number of alkyl halides is 3. The molecule has 2 aliphatic rings. The van der Waals surface area contributed by atoms with Crippen molar-refractivity contribution in [3.63, 3.8) is 0 Å². The number of nitrogens with one attached hydrogen (secondary N) is 2. The zero-order valence-electron chi connectivity index (χ0n) is 11.1. The lowest BCUT2D eigenvalue weighted by Crippen LogP contribution is -2.65. The molecular weight excluding hydrogens is 305 g/mol. The first-order valence-electron chi connectivity index (χ1n) is 6.61. The predicted molar refractivity (Wildman–Crippen MR) is 70.1 cm³/mol. The van der Waals surface area contributed by atoms with Crippen LogP contribution < -0.4 is 10.0 Å². The molecule has 3 rings (SSSR count). The van der Waals surface area contributed by atoms with Gasteiger partial charge in [-0.2, -0.15) is 13.2 Å². The van der Waals surface area contributed by atoms with Crippen molar-refractivity contribution in [3.05, 3.63) is 29.8 Å². The molecule has 0 bridgehead atoms. The molecular formula is C13H15F3N2O2S. The van der Waals surface area contributed by atoms with Crippen LogP contribution in [0, 0.1) is 5.41 Å². The van der Waals surface area contributed by atoms with Crippen LogP contribution in [-0.4, -0.2) is 27.5 Å². The Labute approximate surface area is 120 Å². The smallest absolute Gasteiger partial charge is 0.316 e. The van der Waals surface area contributed by atoms with Crippen molar-refractivity contribution in [1.82, 2.24) is 10.0 Å². The van der Waals surface area contributed by atoms with Crippen LogP contribution in [-0.2, 0) is 16.2 Å². The predicted octanol–water partition coefficient (Wildman–Crippen LogP) is 1.74. The highest BCUT2D eigenvalue weighted by molar-refractivity contribution is 7.89. The molecule has 4 nitrogen and oxygen atoms in total. The minimum Gasteiger partial charge on any atom is -0.316 e. The Bertz CT molecular complexity index is 646. The van der Waals surface area contributed by atoms with E-state index in [4.69, 9.17) is 0 Å². The molecule has 0 amide bonds. The molecule has 1 heterocycles. The Morgan fingerprint density at radius 2 is 1.90 bits per heavy atom. The first-order chi connectivity index (χ1) is 9.70. The van der Waals surface area contributed by atoms with Crippen molar-refractivity contribution in [2.24, 2.45) is 5.41 Å². The maximum Gasteiger partial charge on any atom is 0.416 e. The number of benzene rings is 1. The molecule has 1 spiro atoms. The molecule has 21 heavy (non-hydrogen) atoms. The van der Waals surface area contributed by atoms with Gasteiger partial charge >= 0.3 is 6.18 Å². The van der Waals surface area contributed by atoms with Crippen molar-refractivity contribution >= 4 is 10.0 Å². The van der Waals surface area contributed by atoms with Gasteiger partial charge in [-0.05, 0) is 36.5 Å². The minimum absolute atomic E-state index is 0.188. The minimum atomic E-state index is -4.55. The van der Waals surface area contributed by atoms with Crippen molar-refractivity contribution in [2.45, 2.75) is 30.0 Å².